The van der Waals surface area contributed by atoms with Crippen LogP contribution in [0.2, 0.25) is 5.02 Å². The third-order valence-corrected chi connectivity index (χ3v) is 3.91. The van der Waals surface area contributed by atoms with Crippen LogP contribution in [0.1, 0.15) is 21.5 Å². The zero-order valence-electron chi connectivity index (χ0n) is 13.9. The number of nitrogens with zero attached hydrogens (tertiary/aromatic N) is 2. The fraction of sp³-hybridized carbons (Fsp3) is 0.105. The van der Waals surface area contributed by atoms with Crippen molar-refractivity contribution in [1.29, 1.82) is 0 Å². The van der Waals surface area contributed by atoms with Crippen LogP contribution < -0.4 is 10.6 Å². The average molecular weight is 353 g/mol. The number of carbonyl (C=O) groups excluding carboxylic acids is 1. The number of hydrogen-bond donors (Lipinski definition) is 2. The molecule has 1 aromatic heterocycles. The van der Waals surface area contributed by atoms with Gasteiger partial charge in [-0.2, -0.15) is 0 Å². The summed E-state index contributed by atoms with van der Waals surface area (Å²) in [6, 6.07) is 13.0. The van der Waals surface area contributed by atoms with Crippen LogP contribution in [0.25, 0.3) is 0 Å². The smallest absolute Gasteiger partial charge is 0.258 e. The van der Waals surface area contributed by atoms with Crippen molar-refractivity contribution in [2.24, 2.45) is 0 Å². The predicted octanol–water partition coefficient (Wildman–Crippen LogP) is 4.74. The van der Waals surface area contributed by atoms with E-state index in [0.717, 1.165) is 16.8 Å². The van der Waals surface area contributed by atoms with Crippen molar-refractivity contribution < 1.29 is 4.79 Å². The zero-order chi connectivity index (χ0) is 17.8. The Morgan fingerprint density at radius 2 is 1.68 bits per heavy atom. The highest BCUT2D eigenvalue weighted by atomic mass is 35.5. The molecule has 5 nitrogen and oxygen atoms in total. The summed E-state index contributed by atoms with van der Waals surface area (Å²) in [4.78, 5) is 20.7. The molecular weight excluding hydrogens is 336 g/mol. The van der Waals surface area contributed by atoms with Gasteiger partial charge < -0.3 is 10.6 Å². The Kier molecular flexibility index (Phi) is 4.95. The van der Waals surface area contributed by atoms with Crippen LogP contribution in [-0.2, 0) is 0 Å². The topological polar surface area (TPSA) is 66.9 Å². The molecule has 126 valence electrons. The van der Waals surface area contributed by atoms with Crippen molar-refractivity contribution in [2.75, 3.05) is 10.6 Å². The lowest BCUT2D eigenvalue weighted by atomic mass is 10.1. The van der Waals surface area contributed by atoms with E-state index < -0.39 is 0 Å². The molecule has 0 fully saturated rings. The summed E-state index contributed by atoms with van der Waals surface area (Å²) in [5.41, 5.74) is 4.22. The van der Waals surface area contributed by atoms with Crippen molar-refractivity contribution in [1.82, 2.24) is 9.97 Å². The van der Waals surface area contributed by atoms with Gasteiger partial charge in [0, 0.05) is 28.8 Å². The van der Waals surface area contributed by atoms with Gasteiger partial charge in [0.2, 0.25) is 5.95 Å². The number of benzene rings is 2. The van der Waals surface area contributed by atoms with E-state index in [4.69, 9.17) is 11.6 Å². The van der Waals surface area contributed by atoms with Gasteiger partial charge in [-0.05, 0) is 55.3 Å². The van der Waals surface area contributed by atoms with Crippen LogP contribution in [-0.4, -0.2) is 15.9 Å². The summed E-state index contributed by atoms with van der Waals surface area (Å²) >= 11 is 5.83. The first-order valence-electron chi connectivity index (χ1n) is 7.74. The van der Waals surface area contributed by atoms with Crippen LogP contribution in [0.15, 0.2) is 54.9 Å². The summed E-state index contributed by atoms with van der Waals surface area (Å²) in [7, 11) is 0. The molecule has 0 atom stereocenters. The molecule has 0 aliphatic rings. The highest BCUT2D eigenvalue weighted by molar-refractivity contribution is 6.30. The van der Waals surface area contributed by atoms with Crippen LogP contribution in [0.4, 0.5) is 17.3 Å². The summed E-state index contributed by atoms with van der Waals surface area (Å²) in [5, 5.41) is 6.55. The fourth-order valence-corrected chi connectivity index (χ4v) is 2.36. The number of halogens is 1. The lowest BCUT2D eigenvalue weighted by Gasteiger charge is -2.09. The molecule has 0 saturated heterocycles. The van der Waals surface area contributed by atoms with Crippen LogP contribution in [0, 0.1) is 13.8 Å². The molecule has 0 bridgehead atoms. The van der Waals surface area contributed by atoms with Crippen LogP contribution in [0.5, 0.6) is 0 Å². The third kappa shape index (κ3) is 4.33. The monoisotopic (exact) mass is 352 g/mol. The van der Waals surface area contributed by atoms with Gasteiger partial charge in [0.15, 0.2) is 0 Å². The second kappa shape index (κ2) is 7.32. The summed E-state index contributed by atoms with van der Waals surface area (Å²) in [5.74, 6) is 0.164. The van der Waals surface area contributed by atoms with Gasteiger partial charge in [0.05, 0.1) is 5.56 Å². The van der Waals surface area contributed by atoms with E-state index in [2.05, 4.69) is 20.6 Å². The number of nitrogens with one attached hydrogen (secondary N) is 2. The molecule has 1 amide bonds. The van der Waals surface area contributed by atoms with Crippen molar-refractivity contribution in [3.63, 3.8) is 0 Å². The Hall–Kier alpha value is -2.92. The van der Waals surface area contributed by atoms with Crippen LogP contribution in [0.3, 0.4) is 0 Å². The minimum absolute atomic E-state index is 0.277. The average Bonchev–Trinajstić information content (AvgIpc) is 2.61. The molecule has 3 aromatic rings. The molecule has 0 aliphatic heterocycles. The number of anilines is 3. The number of rotatable bonds is 4. The minimum atomic E-state index is -0.277. The van der Waals surface area contributed by atoms with Crippen molar-refractivity contribution in [3.8, 4) is 0 Å². The number of hydrogen-bond acceptors (Lipinski definition) is 4. The molecular formula is C19H17ClN4O. The maximum atomic E-state index is 12.2. The summed E-state index contributed by atoms with van der Waals surface area (Å²) in [6.45, 7) is 4.03. The van der Waals surface area contributed by atoms with Gasteiger partial charge in [-0.1, -0.05) is 23.7 Å². The highest BCUT2D eigenvalue weighted by Gasteiger charge is 2.08. The number of aryl methyl sites for hydroxylation is 2. The van der Waals surface area contributed by atoms with E-state index in [1.807, 2.05) is 32.0 Å². The summed E-state index contributed by atoms with van der Waals surface area (Å²) < 4.78 is 0. The Morgan fingerprint density at radius 3 is 2.36 bits per heavy atom. The van der Waals surface area contributed by atoms with Gasteiger partial charge >= 0.3 is 0 Å². The molecule has 3 rings (SSSR count). The molecule has 0 radical (unpaired) electrons. The maximum Gasteiger partial charge on any atom is 0.258 e. The maximum absolute atomic E-state index is 12.2. The first kappa shape index (κ1) is 16.9. The van der Waals surface area contributed by atoms with E-state index in [-0.39, 0.29) is 5.91 Å². The third-order valence-electron chi connectivity index (χ3n) is 3.66. The van der Waals surface area contributed by atoms with Gasteiger partial charge in [-0.25, -0.2) is 9.97 Å². The van der Waals surface area contributed by atoms with Gasteiger partial charge in [0.25, 0.3) is 5.91 Å². The molecule has 6 heteroatoms. The van der Waals surface area contributed by atoms with Gasteiger partial charge in [-0.3, -0.25) is 4.79 Å². The minimum Gasteiger partial charge on any atom is -0.324 e. The normalized spacial score (nSPS) is 10.4. The molecule has 0 saturated carbocycles. The lowest BCUT2D eigenvalue weighted by molar-refractivity contribution is 0.102. The molecule has 2 aromatic carbocycles. The van der Waals surface area contributed by atoms with Gasteiger partial charge in [0.1, 0.15) is 0 Å². The second-order valence-corrected chi connectivity index (χ2v) is 6.14. The lowest BCUT2D eigenvalue weighted by Crippen LogP contribution is -2.13. The Balaban J connectivity index is 1.70. The van der Waals surface area contributed by atoms with Crippen molar-refractivity contribution in [3.05, 3.63) is 76.6 Å². The first-order valence-corrected chi connectivity index (χ1v) is 8.12. The zero-order valence-corrected chi connectivity index (χ0v) is 14.6. The molecule has 25 heavy (non-hydrogen) atoms. The Labute approximate surface area is 151 Å². The van der Waals surface area contributed by atoms with Gasteiger partial charge in [-0.15, -0.1) is 0 Å². The molecule has 1 heterocycles. The van der Waals surface area contributed by atoms with E-state index in [0.29, 0.717) is 22.2 Å². The van der Waals surface area contributed by atoms with E-state index >= 15 is 0 Å². The Bertz CT molecular complexity index is 892. The molecule has 2 N–H and O–H groups in total. The van der Waals surface area contributed by atoms with Crippen molar-refractivity contribution >= 4 is 34.8 Å². The highest BCUT2D eigenvalue weighted by Crippen LogP contribution is 2.20. The van der Waals surface area contributed by atoms with E-state index in [9.17, 15) is 4.79 Å². The van der Waals surface area contributed by atoms with Crippen molar-refractivity contribution in [2.45, 2.75) is 13.8 Å². The molecule has 0 spiro atoms. The summed E-state index contributed by atoms with van der Waals surface area (Å²) in [6.07, 6.45) is 2.98. The number of amides is 1. The SMILES string of the molecule is Cc1ccc(C)c(Nc2ncc(C(=O)Nc3ccc(Cl)cc3)cn2)c1. The van der Waals surface area contributed by atoms with E-state index in [1.54, 1.807) is 24.3 Å². The first-order chi connectivity index (χ1) is 12.0. The second-order valence-electron chi connectivity index (χ2n) is 5.70. The molecule has 0 unspecified atom stereocenters. The quantitative estimate of drug-likeness (QED) is 0.711. The standard InChI is InChI=1S/C19H17ClN4O/c1-12-3-4-13(2)17(9-12)24-19-21-10-14(11-22-19)18(25)23-16-7-5-15(20)6-8-16/h3-11H,1-2H3,(H,23,25)(H,21,22,24). The predicted molar refractivity (Wildman–Crippen MR) is 101 cm³/mol. The molecule has 0 aliphatic carbocycles. The Morgan fingerprint density at radius 1 is 1.00 bits per heavy atom. The van der Waals surface area contributed by atoms with E-state index in [1.165, 1.54) is 12.4 Å². The largest absolute Gasteiger partial charge is 0.324 e. The fourth-order valence-electron chi connectivity index (χ4n) is 2.24. The number of carbonyl (C=O) groups is 1. The number of aromatic nitrogens is 2. The van der Waals surface area contributed by atoms with Crippen LogP contribution >= 0.6 is 11.6 Å².